The third-order valence-electron chi connectivity index (χ3n) is 6.82. The molecule has 0 aromatic heterocycles. The molecule has 43 heavy (non-hydrogen) atoms. The summed E-state index contributed by atoms with van der Waals surface area (Å²) in [5.74, 6) is -0.991. The monoisotopic (exact) mass is 657 g/mol. The average Bonchev–Trinajstić information content (AvgIpc) is 2.99. The minimum absolute atomic E-state index is 0.0245. The van der Waals surface area contributed by atoms with E-state index in [2.05, 4.69) is 5.32 Å². The van der Waals surface area contributed by atoms with Crippen LogP contribution in [0.25, 0.3) is 0 Å². The van der Waals surface area contributed by atoms with E-state index in [-0.39, 0.29) is 22.9 Å². The van der Waals surface area contributed by atoms with E-state index < -0.39 is 34.4 Å². The van der Waals surface area contributed by atoms with Gasteiger partial charge in [0.25, 0.3) is 10.0 Å². The maximum atomic E-state index is 14.3. The molecule has 0 saturated carbocycles. The van der Waals surface area contributed by atoms with Crippen molar-refractivity contribution in [1.82, 2.24) is 10.2 Å². The van der Waals surface area contributed by atoms with Gasteiger partial charge in [-0.2, -0.15) is 0 Å². The van der Waals surface area contributed by atoms with Gasteiger partial charge in [0, 0.05) is 25.0 Å². The molecule has 2 amide bonds. The zero-order valence-corrected chi connectivity index (χ0v) is 26.6. The van der Waals surface area contributed by atoms with Crippen molar-refractivity contribution in [2.75, 3.05) is 17.9 Å². The van der Waals surface area contributed by atoms with Gasteiger partial charge in [-0.3, -0.25) is 13.9 Å². The fourth-order valence-electron chi connectivity index (χ4n) is 4.60. The molecule has 4 aromatic carbocycles. The van der Waals surface area contributed by atoms with E-state index in [4.69, 9.17) is 34.8 Å². The molecule has 0 radical (unpaired) electrons. The normalized spacial score (nSPS) is 11.9. The molecule has 0 heterocycles. The first-order valence-electron chi connectivity index (χ1n) is 13.3. The molecule has 224 valence electrons. The van der Waals surface area contributed by atoms with Crippen molar-refractivity contribution in [3.8, 4) is 0 Å². The largest absolute Gasteiger partial charge is 0.357 e. The third kappa shape index (κ3) is 8.09. The van der Waals surface area contributed by atoms with Crippen molar-refractivity contribution in [1.29, 1.82) is 0 Å². The summed E-state index contributed by atoms with van der Waals surface area (Å²) in [6.07, 6.45) is 0.196. The highest BCUT2D eigenvalue weighted by Crippen LogP contribution is 2.28. The van der Waals surface area contributed by atoms with Crippen LogP contribution in [-0.2, 0) is 32.6 Å². The molecule has 1 atom stereocenters. The van der Waals surface area contributed by atoms with E-state index in [0.717, 1.165) is 15.4 Å². The Morgan fingerprint density at radius 1 is 0.814 bits per heavy atom. The predicted molar refractivity (Wildman–Crippen MR) is 172 cm³/mol. The minimum atomic E-state index is -4.22. The van der Waals surface area contributed by atoms with Gasteiger partial charge in [0.05, 0.1) is 20.6 Å². The maximum Gasteiger partial charge on any atom is 0.264 e. The van der Waals surface area contributed by atoms with Crippen molar-refractivity contribution in [3.63, 3.8) is 0 Å². The van der Waals surface area contributed by atoms with E-state index in [9.17, 15) is 18.0 Å². The zero-order valence-electron chi connectivity index (χ0n) is 23.5. The van der Waals surface area contributed by atoms with Crippen molar-refractivity contribution < 1.29 is 18.0 Å². The molecular weight excluding hydrogens is 629 g/mol. The maximum absolute atomic E-state index is 14.3. The lowest BCUT2D eigenvalue weighted by atomic mass is 10.0. The highest BCUT2D eigenvalue weighted by molar-refractivity contribution is 7.92. The molecule has 4 rings (SSSR count). The van der Waals surface area contributed by atoms with Crippen LogP contribution in [0, 0.1) is 6.92 Å². The summed E-state index contributed by atoms with van der Waals surface area (Å²) in [5.41, 5.74) is 2.55. The molecule has 0 bridgehead atoms. The summed E-state index contributed by atoms with van der Waals surface area (Å²) in [6, 6.07) is 25.8. The molecule has 1 N–H and O–H groups in total. The number of carbonyl (C=O) groups is 2. The van der Waals surface area contributed by atoms with Crippen LogP contribution in [0.5, 0.6) is 0 Å². The van der Waals surface area contributed by atoms with Gasteiger partial charge in [-0.25, -0.2) is 8.42 Å². The number of likely N-dealkylation sites (N-methyl/N-ethyl adjacent to an activating group) is 1. The van der Waals surface area contributed by atoms with Crippen LogP contribution in [0.1, 0.15) is 16.7 Å². The number of benzene rings is 4. The Morgan fingerprint density at radius 2 is 1.51 bits per heavy atom. The molecule has 0 unspecified atom stereocenters. The smallest absolute Gasteiger partial charge is 0.264 e. The lowest BCUT2D eigenvalue weighted by molar-refractivity contribution is -0.139. The average molecular weight is 659 g/mol. The van der Waals surface area contributed by atoms with Crippen LogP contribution in [0.2, 0.25) is 15.1 Å². The number of halogens is 3. The second-order valence-corrected chi connectivity index (χ2v) is 13.0. The fraction of sp³-hybridized carbons (Fsp3) is 0.188. The summed E-state index contributed by atoms with van der Waals surface area (Å²) in [4.78, 5) is 29.0. The standard InChI is InChI=1S/C32H30Cl3N3O4S/c1-22-7-6-10-26(17-22)38(43(41,42)27-14-12-25(33)13-15-27)21-31(39)37(20-24-11-16-28(34)29(35)18-24)30(32(40)36-2)19-23-8-4-3-5-9-23/h3-18,30H,19-21H2,1-2H3,(H,36,40)/t30-/m1/s1. The van der Waals surface area contributed by atoms with E-state index in [0.29, 0.717) is 21.3 Å². The van der Waals surface area contributed by atoms with Gasteiger partial charge >= 0.3 is 0 Å². The highest BCUT2D eigenvalue weighted by atomic mass is 35.5. The minimum Gasteiger partial charge on any atom is -0.357 e. The van der Waals surface area contributed by atoms with Gasteiger partial charge in [0.15, 0.2) is 0 Å². The number of nitrogens with zero attached hydrogens (tertiary/aromatic N) is 2. The van der Waals surface area contributed by atoms with E-state index in [1.54, 1.807) is 36.4 Å². The second kappa shape index (κ2) is 14.3. The van der Waals surface area contributed by atoms with Gasteiger partial charge in [-0.05, 0) is 72.1 Å². The van der Waals surface area contributed by atoms with Crippen LogP contribution < -0.4 is 9.62 Å². The molecule has 0 saturated heterocycles. The highest BCUT2D eigenvalue weighted by Gasteiger charge is 2.34. The van der Waals surface area contributed by atoms with Crippen LogP contribution in [0.4, 0.5) is 5.69 Å². The second-order valence-electron chi connectivity index (χ2n) is 9.89. The van der Waals surface area contributed by atoms with Crippen LogP contribution in [0.3, 0.4) is 0 Å². The zero-order chi connectivity index (χ0) is 31.1. The Labute approximate surface area is 267 Å². The Balaban J connectivity index is 1.80. The summed E-state index contributed by atoms with van der Waals surface area (Å²) in [7, 11) is -2.73. The van der Waals surface area contributed by atoms with Crippen molar-refractivity contribution in [2.24, 2.45) is 0 Å². The molecule has 0 spiro atoms. The van der Waals surface area contributed by atoms with Crippen molar-refractivity contribution in [3.05, 3.63) is 129 Å². The van der Waals surface area contributed by atoms with Crippen LogP contribution >= 0.6 is 34.8 Å². The molecular formula is C32H30Cl3N3O4S. The number of rotatable bonds is 11. The topological polar surface area (TPSA) is 86.8 Å². The van der Waals surface area contributed by atoms with Gasteiger partial charge in [-0.15, -0.1) is 0 Å². The number of nitrogens with one attached hydrogen (secondary N) is 1. The third-order valence-corrected chi connectivity index (χ3v) is 9.60. The Morgan fingerprint density at radius 3 is 2.14 bits per heavy atom. The summed E-state index contributed by atoms with van der Waals surface area (Å²) >= 11 is 18.4. The number of aryl methyl sites for hydroxylation is 1. The molecule has 7 nitrogen and oxygen atoms in total. The van der Waals surface area contributed by atoms with Crippen LogP contribution in [0.15, 0.2) is 102 Å². The Hall–Kier alpha value is -3.56. The number of amides is 2. The molecule has 4 aromatic rings. The quantitative estimate of drug-likeness (QED) is 0.198. The molecule has 0 fully saturated rings. The fourth-order valence-corrected chi connectivity index (χ4v) is 6.45. The first kappa shape index (κ1) is 32.4. The summed E-state index contributed by atoms with van der Waals surface area (Å²) < 4.78 is 29.1. The van der Waals surface area contributed by atoms with Gasteiger partial charge < -0.3 is 10.2 Å². The summed E-state index contributed by atoms with van der Waals surface area (Å²) in [6.45, 7) is 1.23. The Bertz CT molecular complexity index is 1700. The lowest BCUT2D eigenvalue weighted by Gasteiger charge is -2.33. The number of carbonyl (C=O) groups excluding carboxylic acids is 2. The molecule has 0 aliphatic rings. The first-order valence-corrected chi connectivity index (χ1v) is 15.9. The van der Waals surface area contributed by atoms with Crippen LogP contribution in [-0.4, -0.2) is 44.8 Å². The molecule has 0 aliphatic carbocycles. The van der Waals surface area contributed by atoms with Gasteiger partial charge in [0.1, 0.15) is 12.6 Å². The number of hydrogen-bond donors (Lipinski definition) is 1. The van der Waals surface area contributed by atoms with E-state index >= 15 is 0 Å². The van der Waals surface area contributed by atoms with Gasteiger partial charge in [-0.1, -0.05) is 83.3 Å². The SMILES string of the molecule is CNC(=O)[C@@H](Cc1ccccc1)N(Cc1ccc(Cl)c(Cl)c1)C(=O)CN(c1cccc(C)c1)S(=O)(=O)c1ccc(Cl)cc1. The van der Waals surface area contributed by atoms with Crippen molar-refractivity contribution in [2.45, 2.75) is 30.8 Å². The number of sulfonamides is 1. The first-order chi connectivity index (χ1) is 20.5. The predicted octanol–water partition coefficient (Wildman–Crippen LogP) is 6.54. The molecule has 0 aliphatic heterocycles. The molecule has 11 heteroatoms. The Kier molecular flexibility index (Phi) is 10.7. The van der Waals surface area contributed by atoms with E-state index in [1.807, 2.05) is 43.3 Å². The lowest BCUT2D eigenvalue weighted by Crippen LogP contribution is -2.53. The van der Waals surface area contributed by atoms with Gasteiger partial charge in [0.2, 0.25) is 11.8 Å². The van der Waals surface area contributed by atoms with Crippen molar-refractivity contribution >= 4 is 62.3 Å². The number of anilines is 1. The number of hydrogen-bond acceptors (Lipinski definition) is 4. The van der Waals surface area contributed by atoms with E-state index in [1.165, 1.54) is 36.2 Å². The summed E-state index contributed by atoms with van der Waals surface area (Å²) in [5, 5.41) is 3.66.